The van der Waals surface area contributed by atoms with Crippen LogP contribution in [0.5, 0.6) is 5.75 Å². The minimum absolute atomic E-state index is 0.136. The van der Waals surface area contributed by atoms with Crippen molar-refractivity contribution in [2.45, 2.75) is 26.8 Å². The molecule has 31 heavy (non-hydrogen) atoms. The van der Waals surface area contributed by atoms with E-state index in [-0.39, 0.29) is 17.1 Å². The number of likely N-dealkylation sites (N-methyl/N-ethyl adjacent to an activating group) is 1. The molecule has 2 heterocycles. The molecule has 0 N–H and O–H groups in total. The van der Waals surface area contributed by atoms with Crippen molar-refractivity contribution in [3.05, 3.63) is 75.1 Å². The van der Waals surface area contributed by atoms with Crippen molar-refractivity contribution in [3.63, 3.8) is 0 Å². The van der Waals surface area contributed by atoms with E-state index in [1.807, 2.05) is 43.3 Å². The number of fused-ring (bicyclic) bond motifs is 2. The third-order valence-corrected chi connectivity index (χ3v) is 6.11. The fraction of sp³-hybridized carbons (Fsp3) is 0.360. The predicted octanol–water partition coefficient (Wildman–Crippen LogP) is 4.00. The SMILES string of the molecule is CCN(CC)CCN1C(=O)c2oc3ccc(C)cc3c(=O)c2[C@H]1c1ccccc1OC. The van der Waals surface area contributed by atoms with E-state index in [0.29, 0.717) is 35.4 Å². The van der Waals surface area contributed by atoms with Crippen molar-refractivity contribution in [2.75, 3.05) is 33.3 Å². The van der Waals surface area contributed by atoms with Gasteiger partial charge in [0.05, 0.1) is 24.1 Å². The predicted molar refractivity (Wildman–Crippen MR) is 121 cm³/mol. The van der Waals surface area contributed by atoms with Gasteiger partial charge in [0.1, 0.15) is 11.3 Å². The third-order valence-electron chi connectivity index (χ3n) is 6.11. The van der Waals surface area contributed by atoms with Crippen molar-refractivity contribution in [2.24, 2.45) is 0 Å². The molecule has 0 aliphatic carbocycles. The van der Waals surface area contributed by atoms with Crippen LogP contribution in [-0.2, 0) is 0 Å². The summed E-state index contributed by atoms with van der Waals surface area (Å²) in [5, 5.41) is 0.497. The van der Waals surface area contributed by atoms with Gasteiger partial charge < -0.3 is 19.0 Å². The van der Waals surface area contributed by atoms with Gasteiger partial charge in [-0.3, -0.25) is 9.59 Å². The highest BCUT2D eigenvalue weighted by Crippen LogP contribution is 2.41. The van der Waals surface area contributed by atoms with Gasteiger partial charge in [-0.1, -0.05) is 43.7 Å². The van der Waals surface area contributed by atoms with Gasteiger partial charge in [0.25, 0.3) is 5.91 Å². The number of benzene rings is 2. The zero-order chi connectivity index (χ0) is 22.1. The van der Waals surface area contributed by atoms with Crippen molar-refractivity contribution in [3.8, 4) is 5.75 Å². The lowest BCUT2D eigenvalue weighted by Crippen LogP contribution is -2.38. The summed E-state index contributed by atoms with van der Waals surface area (Å²) in [6.07, 6.45) is 0. The largest absolute Gasteiger partial charge is 0.496 e. The summed E-state index contributed by atoms with van der Waals surface area (Å²) >= 11 is 0. The molecule has 0 saturated carbocycles. The molecule has 6 nitrogen and oxygen atoms in total. The highest BCUT2D eigenvalue weighted by molar-refractivity contribution is 5.99. The van der Waals surface area contributed by atoms with E-state index < -0.39 is 6.04 Å². The molecular weight excluding hydrogens is 392 g/mol. The number of ether oxygens (including phenoxy) is 1. The molecule has 162 valence electrons. The topological polar surface area (TPSA) is 63.0 Å². The van der Waals surface area contributed by atoms with Crippen LogP contribution in [0.4, 0.5) is 0 Å². The Morgan fingerprint density at radius 1 is 1.10 bits per heavy atom. The average Bonchev–Trinajstić information content (AvgIpc) is 3.07. The summed E-state index contributed by atoms with van der Waals surface area (Å²) in [6, 6.07) is 12.5. The smallest absolute Gasteiger partial charge is 0.290 e. The molecule has 6 heteroatoms. The van der Waals surface area contributed by atoms with Gasteiger partial charge in [-0.05, 0) is 38.2 Å². The molecule has 1 aromatic heterocycles. The summed E-state index contributed by atoms with van der Waals surface area (Å²) in [5.41, 5.74) is 2.43. The van der Waals surface area contributed by atoms with Gasteiger partial charge in [-0.25, -0.2) is 0 Å². The maximum Gasteiger partial charge on any atom is 0.290 e. The molecular formula is C25H28N2O4. The van der Waals surface area contributed by atoms with Crippen LogP contribution >= 0.6 is 0 Å². The normalized spacial score (nSPS) is 15.7. The Bertz CT molecular complexity index is 1180. The number of aryl methyl sites for hydroxylation is 1. The third kappa shape index (κ3) is 3.61. The number of hydrogen-bond acceptors (Lipinski definition) is 5. The lowest BCUT2D eigenvalue weighted by atomic mass is 9.97. The number of rotatable bonds is 7. The Kier molecular flexibility index (Phi) is 5.83. The first-order valence-corrected chi connectivity index (χ1v) is 10.7. The molecule has 0 radical (unpaired) electrons. The van der Waals surface area contributed by atoms with E-state index in [9.17, 15) is 9.59 Å². The summed E-state index contributed by atoms with van der Waals surface area (Å²) in [7, 11) is 1.60. The van der Waals surface area contributed by atoms with E-state index in [2.05, 4.69) is 18.7 Å². The minimum atomic E-state index is -0.546. The molecule has 2 aromatic carbocycles. The second kappa shape index (κ2) is 8.55. The van der Waals surface area contributed by atoms with Crippen LogP contribution in [0.25, 0.3) is 11.0 Å². The van der Waals surface area contributed by atoms with Crippen molar-refractivity contribution < 1.29 is 13.9 Å². The van der Waals surface area contributed by atoms with Crippen LogP contribution in [0.3, 0.4) is 0 Å². The molecule has 1 amide bonds. The van der Waals surface area contributed by atoms with E-state index in [4.69, 9.17) is 9.15 Å². The van der Waals surface area contributed by atoms with Crippen LogP contribution in [0.1, 0.15) is 47.1 Å². The molecule has 1 atom stereocenters. The molecule has 0 spiro atoms. The maximum absolute atomic E-state index is 13.6. The maximum atomic E-state index is 13.6. The van der Waals surface area contributed by atoms with Crippen LogP contribution in [0.2, 0.25) is 0 Å². The van der Waals surface area contributed by atoms with Gasteiger partial charge >= 0.3 is 0 Å². The summed E-state index contributed by atoms with van der Waals surface area (Å²) < 4.78 is 11.6. The van der Waals surface area contributed by atoms with E-state index in [1.54, 1.807) is 18.1 Å². The standard InChI is InChI=1S/C25H28N2O4/c1-5-26(6-2)13-14-27-22(17-9-7-8-10-19(17)30-4)21-23(28)18-15-16(3)11-12-20(18)31-24(21)25(27)29/h7-12,15,22H,5-6,13-14H2,1-4H3/t22-/m1/s1. The first kappa shape index (κ1) is 21.1. The fourth-order valence-corrected chi connectivity index (χ4v) is 4.37. The van der Waals surface area contributed by atoms with Crippen LogP contribution in [0, 0.1) is 6.92 Å². The number of amides is 1. The van der Waals surface area contributed by atoms with Gasteiger partial charge in [-0.15, -0.1) is 0 Å². The van der Waals surface area contributed by atoms with E-state index in [0.717, 1.165) is 24.2 Å². The van der Waals surface area contributed by atoms with Gasteiger partial charge in [0, 0.05) is 18.7 Å². The second-order valence-corrected chi connectivity index (χ2v) is 7.84. The first-order valence-electron chi connectivity index (χ1n) is 10.7. The number of carbonyl (C=O) groups excluding carboxylic acids is 1. The lowest BCUT2D eigenvalue weighted by molar-refractivity contribution is 0.0706. The number of carbonyl (C=O) groups is 1. The Morgan fingerprint density at radius 3 is 2.55 bits per heavy atom. The molecule has 1 aliphatic heterocycles. The molecule has 1 aliphatic rings. The van der Waals surface area contributed by atoms with Crippen molar-refractivity contribution >= 4 is 16.9 Å². The highest BCUT2D eigenvalue weighted by atomic mass is 16.5. The number of hydrogen-bond donors (Lipinski definition) is 0. The summed E-state index contributed by atoms with van der Waals surface area (Å²) in [5.74, 6) is 0.527. The molecule has 4 rings (SSSR count). The van der Waals surface area contributed by atoms with E-state index >= 15 is 0 Å². The molecule has 0 fully saturated rings. The number of methoxy groups -OCH3 is 1. The van der Waals surface area contributed by atoms with Crippen LogP contribution in [0.15, 0.2) is 51.7 Å². The highest BCUT2D eigenvalue weighted by Gasteiger charge is 2.43. The first-order chi connectivity index (χ1) is 15.0. The van der Waals surface area contributed by atoms with Crippen LogP contribution < -0.4 is 10.2 Å². The lowest BCUT2D eigenvalue weighted by Gasteiger charge is -2.28. The molecule has 0 unspecified atom stereocenters. The summed E-state index contributed by atoms with van der Waals surface area (Å²) in [6.45, 7) is 9.12. The number of nitrogens with zero attached hydrogens (tertiary/aromatic N) is 2. The fourth-order valence-electron chi connectivity index (χ4n) is 4.37. The zero-order valence-corrected chi connectivity index (χ0v) is 18.5. The van der Waals surface area contributed by atoms with Gasteiger partial charge in [-0.2, -0.15) is 0 Å². The minimum Gasteiger partial charge on any atom is -0.496 e. The Hall–Kier alpha value is -3.12. The van der Waals surface area contributed by atoms with Gasteiger partial charge in [0.2, 0.25) is 5.76 Å². The molecule has 3 aromatic rings. The van der Waals surface area contributed by atoms with Crippen molar-refractivity contribution in [1.82, 2.24) is 9.80 Å². The number of para-hydroxylation sites is 1. The second-order valence-electron chi connectivity index (χ2n) is 7.84. The Balaban J connectivity index is 1.91. The summed E-state index contributed by atoms with van der Waals surface area (Å²) in [4.78, 5) is 31.1. The molecule has 0 saturated heterocycles. The van der Waals surface area contributed by atoms with Gasteiger partial charge in [0.15, 0.2) is 5.43 Å². The van der Waals surface area contributed by atoms with Crippen LogP contribution in [-0.4, -0.2) is 49.0 Å². The Morgan fingerprint density at radius 2 is 1.84 bits per heavy atom. The quantitative estimate of drug-likeness (QED) is 0.578. The zero-order valence-electron chi connectivity index (χ0n) is 18.5. The van der Waals surface area contributed by atoms with E-state index in [1.165, 1.54) is 0 Å². The average molecular weight is 421 g/mol. The van der Waals surface area contributed by atoms with Crippen molar-refractivity contribution in [1.29, 1.82) is 0 Å². The Labute approximate surface area is 182 Å². The monoisotopic (exact) mass is 420 g/mol. The molecule has 0 bridgehead atoms.